The molecule has 0 radical (unpaired) electrons. The third kappa shape index (κ3) is 3.57. The van der Waals surface area contributed by atoms with Gasteiger partial charge < -0.3 is 10.1 Å². The molecule has 1 aliphatic heterocycles. The Labute approximate surface area is 120 Å². The Kier molecular flexibility index (Phi) is 5.14. The lowest BCUT2D eigenvalue weighted by Crippen LogP contribution is -2.34. The van der Waals surface area contributed by atoms with E-state index in [0.717, 1.165) is 26.0 Å². The van der Waals surface area contributed by atoms with Crippen molar-refractivity contribution in [1.29, 1.82) is 0 Å². The first-order chi connectivity index (χ1) is 9.54. The van der Waals surface area contributed by atoms with Crippen LogP contribution in [-0.4, -0.2) is 62.4 Å². The van der Waals surface area contributed by atoms with E-state index >= 15 is 0 Å². The largest absolute Gasteiger partial charge is 0.377 e. The highest BCUT2D eigenvalue weighted by Crippen LogP contribution is 2.18. The predicted molar refractivity (Wildman–Crippen MR) is 74.9 cm³/mol. The second-order valence-corrected chi connectivity index (χ2v) is 7.01. The van der Waals surface area contributed by atoms with Crippen LogP contribution in [0, 0.1) is 0 Å². The molecule has 0 spiro atoms. The Morgan fingerprint density at radius 3 is 3.05 bits per heavy atom. The molecule has 0 aromatic carbocycles. The van der Waals surface area contributed by atoms with Crippen LogP contribution in [0.3, 0.4) is 0 Å². The topological polar surface area (TPSA) is 76.5 Å². The summed E-state index contributed by atoms with van der Waals surface area (Å²) in [4.78, 5) is 0.231. The molecule has 1 aliphatic rings. The Morgan fingerprint density at radius 1 is 1.60 bits per heavy atom. The number of aromatic nitrogens is 2. The maximum atomic E-state index is 12.4. The third-order valence-electron chi connectivity index (χ3n) is 3.39. The van der Waals surface area contributed by atoms with Crippen molar-refractivity contribution in [1.82, 2.24) is 19.4 Å². The molecule has 1 atom stereocenters. The molecule has 1 saturated heterocycles. The summed E-state index contributed by atoms with van der Waals surface area (Å²) in [5.41, 5.74) is 0. The van der Waals surface area contributed by atoms with Crippen LogP contribution in [-0.2, 0) is 21.3 Å². The van der Waals surface area contributed by atoms with Gasteiger partial charge in [0.05, 0.1) is 18.8 Å². The standard InChI is InChI=1S/C12H22N4O3S/c1-13-5-6-16-10-12(8-14-16)20(17,18)15(2)9-11-4-3-7-19-11/h8,10-11,13H,3-7,9H2,1-2H3. The summed E-state index contributed by atoms with van der Waals surface area (Å²) in [5.74, 6) is 0. The Hall–Kier alpha value is -0.960. The van der Waals surface area contributed by atoms with Crippen molar-refractivity contribution in [2.24, 2.45) is 0 Å². The van der Waals surface area contributed by atoms with Gasteiger partial charge in [0.1, 0.15) is 4.90 Å². The molecule has 8 heteroatoms. The number of nitrogens with one attached hydrogen (secondary N) is 1. The number of nitrogens with zero attached hydrogens (tertiary/aromatic N) is 3. The minimum absolute atomic E-state index is 0.00844. The molecular formula is C12H22N4O3S. The first-order valence-corrected chi connectivity index (χ1v) is 8.23. The molecule has 114 valence electrons. The molecule has 1 N–H and O–H groups in total. The van der Waals surface area contributed by atoms with E-state index in [1.165, 1.54) is 10.5 Å². The van der Waals surface area contributed by atoms with Gasteiger partial charge in [0.15, 0.2) is 0 Å². The van der Waals surface area contributed by atoms with Crippen LogP contribution in [0.25, 0.3) is 0 Å². The molecule has 1 fully saturated rings. The second-order valence-electron chi connectivity index (χ2n) is 4.96. The summed E-state index contributed by atoms with van der Waals surface area (Å²) in [7, 11) is -0.0520. The molecule has 20 heavy (non-hydrogen) atoms. The molecular weight excluding hydrogens is 280 g/mol. The molecule has 0 saturated carbocycles. The van der Waals surface area contributed by atoms with Crippen LogP contribution in [0.15, 0.2) is 17.3 Å². The van der Waals surface area contributed by atoms with Crippen LogP contribution >= 0.6 is 0 Å². The second kappa shape index (κ2) is 6.66. The average molecular weight is 302 g/mol. The van der Waals surface area contributed by atoms with Gasteiger partial charge in [-0.1, -0.05) is 0 Å². The fraction of sp³-hybridized carbons (Fsp3) is 0.750. The highest BCUT2D eigenvalue weighted by molar-refractivity contribution is 7.89. The van der Waals surface area contributed by atoms with Gasteiger partial charge in [-0.3, -0.25) is 4.68 Å². The number of ether oxygens (including phenoxy) is 1. The van der Waals surface area contributed by atoms with Crippen molar-refractivity contribution in [3.63, 3.8) is 0 Å². The van der Waals surface area contributed by atoms with Gasteiger partial charge in [-0.15, -0.1) is 0 Å². The van der Waals surface area contributed by atoms with Crippen molar-refractivity contribution in [2.45, 2.75) is 30.4 Å². The molecule has 0 aliphatic carbocycles. The molecule has 1 unspecified atom stereocenters. The third-order valence-corrected chi connectivity index (χ3v) is 5.17. The van der Waals surface area contributed by atoms with Gasteiger partial charge in [0, 0.05) is 32.9 Å². The number of hydrogen-bond donors (Lipinski definition) is 1. The van der Waals surface area contributed by atoms with Gasteiger partial charge in [-0.2, -0.15) is 9.40 Å². The van der Waals surface area contributed by atoms with E-state index < -0.39 is 10.0 Å². The van der Waals surface area contributed by atoms with Crippen LogP contribution in [0.4, 0.5) is 0 Å². The van der Waals surface area contributed by atoms with Crippen LogP contribution in [0.2, 0.25) is 0 Å². The van der Waals surface area contributed by atoms with Gasteiger partial charge in [-0.25, -0.2) is 8.42 Å². The molecule has 2 heterocycles. The highest BCUT2D eigenvalue weighted by Gasteiger charge is 2.27. The summed E-state index contributed by atoms with van der Waals surface area (Å²) in [5, 5.41) is 7.07. The van der Waals surface area contributed by atoms with E-state index in [2.05, 4.69) is 10.4 Å². The van der Waals surface area contributed by atoms with Crippen molar-refractivity contribution in [2.75, 3.05) is 33.8 Å². The van der Waals surface area contributed by atoms with Gasteiger partial charge in [-0.05, 0) is 19.9 Å². The zero-order valence-electron chi connectivity index (χ0n) is 11.9. The quantitative estimate of drug-likeness (QED) is 0.761. The van der Waals surface area contributed by atoms with Gasteiger partial charge in [0.25, 0.3) is 0 Å². The van der Waals surface area contributed by atoms with E-state index in [-0.39, 0.29) is 11.0 Å². The molecule has 1 aromatic rings. The zero-order valence-corrected chi connectivity index (χ0v) is 12.8. The maximum Gasteiger partial charge on any atom is 0.246 e. The van der Waals surface area contributed by atoms with Crippen molar-refractivity contribution >= 4 is 10.0 Å². The predicted octanol–water partition coefficient (Wildman–Crippen LogP) is -0.0980. The van der Waals surface area contributed by atoms with Gasteiger partial charge in [0.2, 0.25) is 10.0 Å². The normalized spacial score (nSPS) is 19.9. The van der Waals surface area contributed by atoms with Crippen molar-refractivity contribution in [3.8, 4) is 0 Å². The molecule has 0 amide bonds. The number of sulfonamides is 1. The lowest BCUT2D eigenvalue weighted by Gasteiger charge is -2.19. The smallest absolute Gasteiger partial charge is 0.246 e. The van der Waals surface area contributed by atoms with Crippen molar-refractivity contribution in [3.05, 3.63) is 12.4 Å². The Bertz CT molecular complexity index is 523. The first-order valence-electron chi connectivity index (χ1n) is 6.79. The summed E-state index contributed by atoms with van der Waals surface area (Å²) in [6.07, 6.45) is 4.89. The minimum atomic E-state index is -3.48. The SMILES string of the molecule is CNCCn1cc(S(=O)(=O)N(C)CC2CCCO2)cn1. The first kappa shape index (κ1) is 15.4. The van der Waals surface area contributed by atoms with Crippen LogP contribution in [0.1, 0.15) is 12.8 Å². The lowest BCUT2D eigenvalue weighted by atomic mass is 10.2. The maximum absolute atomic E-state index is 12.4. The van der Waals surface area contributed by atoms with Crippen LogP contribution < -0.4 is 5.32 Å². The summed E-state index contributed by atoms with van der Waals surface area (Å²) in [6.45, 7) is 2.50. The molecule has 1 aromatic heterocycles. The number of rotatable bonds is 7. The molecule has 0 bridgehead atoms. The van der Waals surface area contributed by atoms with E-state index in [0.29, 0.717) is 13.1 Å². The fourth-order valence-electron chi connectivity index (χ4n) is 2.18. The summed E-state index contributed by atoms with van der Waals surface area (Å²) >= 11 is 0. The Balaban J connectivity index is 2.02. The average Bonchev–Trinajstić information content (AvgIpc) is 3.07. The highest BCUT2D eigenvalue weighted by atomic mass is 32.2. The van der Waals surface area contributed by atoms with E-state index in [1.54, 1.807) is 17.9 Å². The monoisotopic (exact) mass is 302 g/mol. The summed E-state index contributed by atoms with van der Waals surface area (Å²) in [6, 6.07) is 0. The summed E-state index contributed by atoms with van der Waals surface area (Å²) < 4.78 is 33.3. The van der Waals surface area contributed by atoms with Crippen LogP contribution in [0.5, 0.6) is 0 Å². The lowest BCUT2D eigenvalue weighted by molar-refractivity contribution is 0.0979. The van der Waals surface area contributed by atoms with Gasteiger partial charge >= 0.3 is 0 Å². The van der Waals surface area contributed by atoms with E-state index in [9.17, 15) is 8.42 Å². The fourth-order valence-corrected chi connectivity index (χ4v) is 3.34. The number of hydrogen-bond acceptors (Lipinski definition) is 5. The Morgan fingerprint density at radius 2 is 2.40 bits per heavy atom. The minimum Gasteiger partial charge on any atom is -0.377 e. The van der Waals surface area contributed by atoms with Crippen molar-refractivity contribution < 1.29 is 13.2 Å². The van der Waals surface area contributed by atoms with E-state index in [1.807, 2.05) is 7.05 Å². The molecule has 2 rings (SSSR count). The van der Waals surface area contributed by atoms with E-state index in [4.69, 9.17) is 4.74 Å². The number of likely N-dealkylation sites (N-methyl/N-ethyl adjacent to an activating group) is 2. The molecule has 7 nitrogen and oxygen atoms in total. The zero-order chi connectivity index (χ0) is 14.6.